The smallest absolute Gasteiger partial charge is 0.101 e. The summed E-state index contributed by atoms with van der Waals surface area (Å²) >= 11 is 0. The lowest BCUT2D eigenvalue weighted by molar-refractivity contribution is 0.643. The molecule has 94 valence electrons. The van der Waals surface area contributed by atoms with Crippen molar-refractivity contribution >= 4 is 12.0 Å². The van der Waals surface area contributed by atoms with E-state index in [1.54, 1.807) is 6.34 Å². The number of rotatable bonds is 3. The van der Waals surface area contributed by atoms with Crippen LogP contribution in [0, 0.1) is 11.3 Å². The molecule has 3 nitrogen and oxygen atoms in total. The van der Waals surface area contributed by atoms with Gasteiger partial charge in [-0.2, -0.15) is 5.26 Å². The van der Waals surface area contributed by atoms with E-state index in [-0.39, 0.29) is 0 Å². The Bertz CT molecular complexity index is 622. The molecule has 0 fully saturated rings. The summed E-state index contributed by atoms with van der Waals surface area (Å²) in [7, 11) is 3.79. The van der Waals surface area contributed by atoms with Crippen molar-refractivity contribution in [3.05, 3.63) is 54.1 Å². The Hall–Kier alpha value is -2.60. The monoisotopic (exact) mass is 249 g/mol. The molecule has 3 heteroatoms. The zero-order chi connectivity index (χ0) is 13.7. The van der Waals surface area contributed by atoms with Crippen molar-refractivity contribution in [2.45, 2.75) is 0 Å². The Balaban J connectivity index is 2.40. The van der Waals surface area contributed by atoms with Crippen LogP contribution in [0.4, 0.5) is 5.69 Å². The quantitative estimate of drug-likeness (QED) is 0.617. The highest BCUT2D eigenvalue weighted by Crippen LogP contribution is 2.26. The largest absolute Gasteiger partial charge is 0.369 e. The number of nitrogens with zero attached hydrogens (tertiary/aromatic N) is 3. The Morgan fingerprint density at radius 1 is 1.05 bits per heavy atom. The lowest BCUT2D eigenvalue weighted by atomic mass is 10.0. The number of nitriles is 1. The molecule has 0 atom stereocenters. The van der Waals surface area contributed by atoms with Crippen molar-refractivity contribution < 1.29 is 0 Å². The Labute approximate surface area is 113 Å². The minimum atomic E-state index is 0.583. The van der Waals surface area contributed by atoms with Crippen LogP contribution in [0.15, 0.2) is 53.5 Å². The van der Waals surface area contributed by atoms with Crippen LogP contribution in [0.1, 0.15) is 5.56 Å². The lowest BCUT2D eigenvalue weighted by Gasteiger charge is -2.06. The Morgan fingerprint density at radius 2 is 1.79 bits per heavy atom. The van der Waals surface area contributed by atoms with Gasteiger partial charge in [0, 0.05) is 14.1 Å². The van der Waals surface area contributed by atoms with Crippen LogP contribution in [0.25, 0.3) is 11.1 Å². The molecule has 0 unspecified atom stereocenters. The predicted octanol–water partition coefficient (Wildman–Crippen LogP) is 3.45. The summed E-state index contributed by atoms with van der Waals surface area (Å²) in [6.07, 6.45) is 1.69. The third-order valence-electron chi connectivity index (χ3n) is 2.65. The predicted molar refractivity (Wildman–Crippen MR) is 78.4 cm³/mol. The van der Waals surface area contributed by atoms with Gasteiger partial charge in [-0.25, -0.2) is 4.99 Å². The second kappa shape index (κ2) is 5.83. The van der Waals surface area contributed by atoms with Gasteiger partial charge in [0.15, 0.2) is 0 Å². The third kappa shape index (κ3) is 3.20. The SMILES string of the molecule is CN(C)/C=N/c1ccc(-c2ccccc2)cc1C#N. The van der Waals surface area contributed by atoms with Crippen LogP contribution in [-0.2, 0) is 0 Å². The van der Waals surface area contributed by atoms with Gasteiger partial charge in [0.25, 0.3) is 0 Å². The molecule has 0 aliphatic rings. The molecular formula is C16H15N3. The summed E-state index contributed by atoms with van der Waals surface area (Å²) in [5.41, 5.74) is 3.40. The van der Waals surface area contributed by atoms with Gasteiger partial charge in [-0.1, -0.05) is 36.4 Å². The van der Waals surface area contributed by atoms with Crippen LogP contribution < -0.4 is 0 Å². The van der Waals surface area contributed by atoms with Crippen LogP contribution >= 0.6 is 0 Å². The molecule has 2 aromatic rings. The average molecular weight is 249 g/mol. The number of hydrogen-bond donors (Lipinski definition) is 0. The van der Waals surface area contributed by atoms with E-state index in [2.05, 4.69) is 11.1 Å². The zero-order valence-electron chi connectivity index (χ0n) is 11.0. The van der Waals surface area contributed by atoms with Crippen molar-refractivity contribution in [1.29, 1.82) is 5.26 Å². The van der Waals surface area contributed by atoms with Gasteiger partial charge in [-0.3, -0.25) is 0 Å². The van der Waals surface area contributed by atoms with E-state index in [0.717, 1.165) is 11.1 Å². The highest BCUT2D eigenvalue weighted by Gasteiger charge is 2.03. The van der Waals surface area contributed by atoms with Crippen LogP contribution in [0.2, 0.25) is 0 Å². The summed E-state index contributed by atoms with van der Waals surface area (Å²) in [6, 6.07) is 17.9. The van der Waals surface area contributed by atoms with Crippen molar-refractivity contribution in [3.8, 4) is 17.2 Å². The first-order valence-corrected chi connectivity index (χ1v) is 6.01. The molecule has 0 aliphatic carbocycles. The summed E-state index contributed by atoms with van der Waals surface area (Å²) in [4.78, 5) is 6.13. The fourth-order valence-electron chi connectivity index (χ4n) is 1.73. The molecule has 0 aromatic heterocycles. The van der Waals surface area contributed by atoms with Crippen LogP contribution in [0.3, 0.4) is 0 Å². The van der Waals surface area contributed by atoms with Gasteiger partial charge < -0.3 is 4.90 Å². The maximum atomic E-state index is 9.22. The lowest BCUT2D eigenvalue weighted by Crippen LogP contribution is -2.07. The number of hydrogen-bond acceptors (Lipinski definition) is 2. The minimum absolute atomic E-state index is 0.583. The molecule has 0 amide bonds. The number of benzene rings is 2. The summed E-state index contributed by atoms with van der Waals surface area (Å²) in [5, 5.41) is 9.22. The maximum absolute atomic E-state index is 9.22. The second-order valence-corrected chi connectivity index (χ2v) is 4.42. The Morgan fingerprint density at radius 3 is 2.42 bits per heavy atom. The van der Waals surface area contributed by atoms with Gasteiger partial charge in [0.05, 0.1) is 17.6 Å². The minimum Gasteiger partial charge on any atom is -0.369 e. The van der Waals surface area contributed by atoms with Crippen molar-refractivity contribution in [2.75, 3.05) is 14.1 Å². The topological polar surface area (TPSA) is 39.4 Å². The molecule has 2 aromatic carbocycles. The van der Waals surface area contributed by atoms with Gasteiger partial charge >= 0.3 is 0 Å². The zero-order valence-corrected chi connectivity index (χ0v) is 11.0. The van der Waals surface area contributed by atoms with Gasteiger partial charge in [0.1, 0.15) is 6.07 Å². The number of aliphatic imine (C=N–C) groups is 1. The molecule has 19 heavy (non-hydrogen) atoms. The first-order chi connectivity index (χ1) is 9.20. The molecule has 0 saturated carbocycles. The highest BCUT2D eigenvalue weighted by atomic mass is 15.1. The molecule has 0 N–H and O–H groups in total. The van der Waals surface area contributed by atoms with Crippen LogP contribution in [-0.4, -0.2) is 25.3 Å². The molecule has 0 aliphatic heterocycles. The van der Waals surface area contributed by atoms with E-state index in [1.165, 1.54) is 0 Å². The summed E-state index contributed by atoms with van der Waals surface area (Å²) in [6.45, 7) is 0. The molecule has 0 radical (unpaired) electrons. The molecule has 2 rings (SSSR count). The molecule has 0 saturated heterocycles. The average Bonchev–Trinajstić information content (AvgIpc) is 2.45. The normalized spacial score (nSPS) is 10.4. The van der Waals surface area contributed by atoms with E-state index in [0.29, 0.717) is 11.3 Å². The standard InChI is InChI=1S/C16H15N3/c1-19(2)12-18-16-9-8-14(10-15(16)11-17)13-6-4-3-5-7-13/h3-10,12H,1-2H3/b18-12+. The fraction of sp³-hybridized carbons (Fsp3) is 0.125. The maximum Gasteiger partial charge on any atom is 0.101 e. The van der Waals surface area contributed by atoms with Gasteiger partial charge in [-0.15, -0.1) is 0 Å². The fourth-order valence-corrected chi connectivity index (χ4v) is 1.73. The van der Waals surface area contributed by atoms with E-state index in [1.807, 2.05) is 67.5 Å². The summed E-state index contributed by atoms with van der Waals surface area (Å²) < 4.78 is 0. The second-order valence-electron chi connectivity index (χ2n) is 4.42. The van der Waals surface area contributed by atoms with Crippen molar-refractivity contribution in [1.82, 2.24) is 4.90 Å². The third-order valence-corrected chi connectivity index (χ3v) is 2.65. The highest BCUT2D eigenvalue weighted by molar-refractivity contribution is 5.72. The van der Waals surface area contributed by atoms with E-state index >= 15 is 0 Å². The van der Waals surface area contributed by atoms with Crippen molar-refractivity contribution in [2.24, 2.45) is 4.99 Å². The van der Waals surface area contributed by atoms with Crippen LogP contribution in [0.5, 0.6) is 0 Å². The molecule has 0 spiro atoms. The van der Waals surface area contributed by atoms with E-state index < -0.39 is 0 Å². The van der Waals surface area contributed by atoms with E-state index in [4.69, 9.17) is 0 Å². The summed E-state index contributed by atoms with van der Waals surface area (Å²) in [5.74, 6) is 0. The molecular weight excluding hydrogens is 234 g/mol. The molecule has 0 heterocycles. The first kappa shape index (κ1) is 12.8. The van der Waals surface area contributed by atoms with E-state index in [9.17, 15) is 5.26 Å². The first-order valence-electron chi connectivity index (χ1n) is 6.01. The van der Waals surface area contributed by atoms with Gasteiger partial charge in [0.2, 0.25) is 0 Å². The van der Waals surface area contributed by atoms with Crippen molar-refractivity contribution in [3.63, 3.8) is 0 Å². The Kier molecular flexibility index (Phi) is 3.94. The molecule has 0 bridgehead atoms. The van der Waals surface area contributed by atoms with Gasteiger partial charge in [-0.05, 0) is 23.3 Å².